The molecule has 1 N–H and O–H groups in total. The molecular weight excluding hydrogens is 539 g/mol. The summed E-state index contributed by atoms with van der Waals surface area (Å²) < 4.78 is 0.402. The summed E-state index contributed by atoms with van der Waals surface area (Å²) in [5.74, 6) is -1.18. The monoisotopic (exact) mass is 557 g/mol. The average molecular weight is 558 g/mol. The lowest BCUT2D eigenvalue weighted by Crippen LogP contribution is -2.30. The summed E-state index contributed by atoms with van der Waals surface area (Å²) in [6.07, 6.45) is 1.72. The van der Waals surface area contributed by atoms with Gasteiger partial charge in [0.05, 0.1) is 11.3 Å². The van der Waals surface area contributed by atoms with Crippen LogP contribution in [0.4, 0.5) is 0 Å². The second-order valence-electron chi connectivity index (χ2n) is 8.54. The number of thioether (sulfide) groups is 1. The number of carboxylic acids is 1. The van der Waals surface area contributed by atoms with E-state index in [1.165, 1.54) is 53.5 Å². The summed E-state index contributed by atoms with van der Waals surface area (Å²) in [6.45, 7) is 0.0911. The number of fused-ring (bicyclic) bond motifs is 2. The quantitative estimate of drug-likeness (QED) is 0.130. The summed E-state index contributed by atoms with van der Waals surface area (Å²) in [4.78, 5) is 30.0. The molecule has 0 atom stereocenters. The lowest BCUT2D eigenvalue weighted by atomic mass is 9.96. The Balaban J connectivity index is 1.32. The number of aliphatic carboxylic acids is 1. The zero-order chi connectivity index (χ0) is 25.5. The predicted molar refractivity (Wildman–Crippen MR) is 160 cm³/mol. The average Bonchev–Trinajstić information content (AvgIpc) is 3.61. The van der Waals surface area contributed by atoms with Gasteiger partial charge in [0.1, 0.15) is 4.32 Å². The van der Waals surface area contributed by atoms with Gasteiger partial charge in [-0.05, 0) is 58.0 Å². The van der Waals surface area contributed by atoms with Gasteiger partial charge >= 0.3 is 5.97 Å². The molecule has 1 aliphatic rings. The number of carboxylic acid groups (broad SMARTS) is 1. The number of hydrogen-bond donors (Lipinski definition) is 1. The van der Waals surface area contributed by atoms with Crippen LogP contribution in [0.15, 0.2) is 83.8 Å². The number of benzene rings is 3. The number of carbonyl (C=O) groups is 2. The third kappa shape index (κ3) is 4.62. The molecule has 5 aromatic rings. The molecule has 1 aliphatic heterocycles. The van der Waals surface area contributed by atoms with Crippen molar-refractivity contribution in [3.8, 4) is 20.2 Å². The van der Waals surface area contributed by atoms with Crippen molar-refractivity contribution >= 4 is 90.5 Å². The smallest absolute Gasteiger partial charge is 0.305 e. The van der Waals surface area contributed by atoms with Crippen LogP contribution in [-0.2, 0) is 9.59 Å². The van der Waals surface area contributed by atoms with E-state index in [1.807, 2.05) is 12.1 Å². The van der Waals surface area contributed by atoms with E-state index < -0.39 is 5.97 Å². The fourth-order valence-corrected chi connectivity index (χ4v) is 7.97. The Bertz CT molecular complexity index is 1690. The van der Waals surface area contributed by atoms with Gasteiger partial charge in [-0.25, -0.2) is 0 Å². The molecule has 8 heteroatoms. The van der Waals surface area contributed by atoms with E-state index in [1.54, 1.807) is 22.7 Å². The fraction of sp³-hybridized carbons (Fsp3) is 0.0690. The molecular formula is C29H19NO3S4. The molecule has 1 fully saturated rings. The van der Waals surface area contributed by atoms with Gasteiger partial charge in [0.25, 0.3) is 5.91 Å². The van der Waals surface area contributed by atoms with Crippen molar-refractivity contribution in [2.45, 2.75) is 6.42 Å². The largest absolute Gasteiger partial charge is 0.481 e. The van der Waals surface area contributed by atoms with Gasteiger partial charge < -0.3 is 5.11 Å². The van der Waals surface area contributed by atoms with Gasteiger partial charge in [0, 0.05) is 31.6 Å². The van der Waals surface area contributed by atoms with Crippen LogP contribution in [0.25, 0.3) is 47.8 Å². The van der Waals surface area contributed by atoms with Crippen molar-refractivity contribution in [2.24, 2.45) is 0 Å². The van der Waals surface area contributed by atoms with Crippen molar-refractivity contribution in [3.63, 3.8) is 0 Å². The minimum absolute atomic E-state index is 0.0911. The van der Waals surface area contributed by atoms with Crippen LogP contribution in [-0.4, -0.2) is 32.7 Å². The van der Waals surface area contributed by atoms with Crippen molar-refractivity contribution in [3.05, 3.63) is 88.6 Å². The minimum Gasteiger partial charge on any atom is -0.481 e. The normalized spacial score (nSPS) is 14.9. The SMILES string of the molecule is O=C(O)CCN1C(=O)/C(=C\c2ccc(-c3ccc(-c4c5ccccc5cc5ccccc45)s3)s2)SC1=S. The topological polar surface area (TPSA) is 57.6 Å². The zero-order valence-electron chi connectivity index (χ0n) is 19.3. The lowest BCUT2D eigenvalue weighted by molar-refractivity contribution is -0.137. The molecule has 2 aromatic heterocycles. The number of thiocarbonyl (C=S) groups is 1. The molecule has 0 bridgehead atoms. The highest BCUT2D eigenvalue weighted by atomic mass is 32.2. The van der Waals surface area contributed by atoms with Crippen LogP contribution >= 0.6 is 46.7 Å². The van der Waals surface area contributed by atoms with Gasteiger partial charge in [0.2, 0.25) is 0 Å². The van der Waals surface area contributed by atoms with Crippen molar-refractivity contribution < 1.29 is 14.7 Å². The molecule has 37 heavy (non-hydrogen) atoms. The summed E-state index contributed by atoms with van der Waals surface area (Å²) in [7, 11) is 0. The zero-order valence-corrected chi connectivity index (χ0v) is 22.6. The first-order valence-corrected chi connectivity index (χ1v) is 14.4. The Hall–Kier alpha value is -3.30. The van der Waals surface area contributed by atoms with Crippen LogP contribution in [0.3, 0.4) is 0 Å². The lowest BCUT2D eigenvalue weighted by Gasteiger charge is -2.12. The summed E-state index contributed by atoms with van der Waals surface area (Å²) in [5.41, 5.74) is 1.26. The Labute approximate surface area is 230 Å². The van der Waals surface area contributed by atoms with Crippen LogP contribution in [0.5, 0.6) is 0 Å². The van der Waals surface area contributed by atoms with Crippen LogP contribution in [0, 0.1) is 0 Å². The molecule has 1 amide bonds. The number of amides is 1. The molecule has 0 unspecified atom stereocenters. The summed E-state index contributed by atoms with van der Waals surface area (Å²) in [6, 6.07) is 27.7. The van der Waals surface area contributed by atoms with Crippen LogP contribution < -0.4 is 0 Å². The minimum atomic E-state index is -0.951. The summed E-state index contributed by atoms with van der Waals surface area (Å²) >= 11 is 9.91. The molecule has 182 valence electrons. The third-order valence-corrected chi connectivity index (χ3v) is 9.90. The van der Waals surface area contributed by atoms with Gasteiger partial charge in [-0.15, -0.1) is 22.7 Å². The first-order chi connectivity index (χ1) is 18.0. The second-order valence-corrected chi connectivity index (χ2v) is 12.4. The van der Waals surface area contributed by atoms with Gasteiger partial charge in [-0.1, -0.05) is 72.5 Å². The van der Waals surface area contributed by atoms with Crippen molar-refractivity contribution in [1.29, 1.82) is 0 Å². The highest BCUT2D eigenvalue weighted by Crippen LogP contribution is 2.43. The molecule has 1 saturated heterocycles. The van der Waals surface area contributed by atoms with Gasteiger partial charge in [-0.2, -0.15) is 0 Å². The molecule has 6 rings (SSSR count). The van der Waals surface area contributed by atoms with E-state index >= 15 is 0 Å². The van der Waals surface area contributed by atoms with Gasteiger partial charge in [0.15, 0.2) is 0 Å². The maximum Gasteiger partial charge on any atom is 0.305 e. The first kappa shape index (κ1) is 24.1. The molecule has 0 radical (unpaired) electrons. The Kier molecular flexibility index (Phi) is 6.42. The van der Waals surface area contributed by atoms with Gasteiger partial charge in [-0.3, -0.25) is 14.5 Å². The standard InChI is InChI=1S/C29H19NO3S4/c31-26(32)13-14-30-28(33)25(37-29(30)34)16-19-9-10-22(35-19)23-11-12-24(36-23)27-20-7-3-1-5-17(20)15-18-6-2-4-8-21(18)27/h1-12,15-16H,13-14H2,(H,31,32)/b25-16+. The summed E-state index contributed by atoms with van der Waals surface area (Å²) in [5, 5.41) is 13.9. The second kappa shape index (κ2) is 9.87. The maximum atomic E-state index is 12.7. The molecule has 0 aliphatic carbocycles. The van der Waals surface area contributed by atoms with E-state index in [-0.39, 0.29) is 18.9 Å². The first-order valence-electron chi connectivity index (χ1n) is 11.6. The number of hydrogen-bond acceptors (Lipinski definition) is 6. The number of rotatable bonds is 6. The predicted octanol–water partition coefficient (Wildman–Crippen LogP) is 8.13. The van der Waals surface area contributed by atoms with Crippen molar-refractivity contribution in [1.82, 2.24) is 4.90 Å². The van der Waals surface area contributed by atoms with Crippen LogP contribution in [0.1, 0.15) is 11.3 Å². The fourth-order valence-electron chi connectivity index (χ4n) is 4.48. The van der Waals surface area contributed by atoms with E-state index in [2.05, 4.69) is 72.8 Å². The highest BCUT2D eigenvalue weighted by Gasteiger charge is 2.32. The number of carbonyl (C=O) groups excluding carboxylic acids is 1. The molecule has 3 aromatic carbocycles. The van der Waals surface area contributed by atoms with E-state index in [4.69, 9.17) is 17.3 Å². The highest BCUT2D eigenvalue weighted by molar-refractivity contribution is 8.26. The Morgan fingerprint density at radius 1 is 0.865 bits per heavy atom. The molecule has 0 spiro atoms. The maximum absolute atomic E-state index is 12.7. The van der Waals surface area contributed by atoms with Crippen molar-refractivity contribution in [2.75, 3.05) is 6.54 Å². The van der Waals surface area contributed by atoms with E-state index in [9.17, 15) is 9.59 Å². The van der Waals surface area contributed by atoms with E-state index in [0.29, 0.717) is 9.23 Å². The molecule has 0 saturated carbocycles. The Morgan fingerprint density at radius 2 is 1.49 bits per heavy atom. The van der Waals surface area contributed by atoms with E-state index in [0.717, 1.165) is 9.75 Å². The Morgan fingerprint density at radius 3 is 2.19 bits per heavy atom. The van der Waals surface area contributed by atoms with Crippen LogP contribution in [0.2, 0.25) is 0 Å². The molecule has 3 heterocycles. The third-order valence-electron chi connectivity index (χ3n) is 6.19. The number of thiophene rings is 2. The number of nitrogens with zero attached hydrogens (tertiary/aromatic N) is 1. The molecule has 4 nitrogen and oxygen atoms in total.